The minimum absolute atomic E-state index is 0.695. The lowest BCUT2D eigenvalue weighted by atomic mass is 10.1. The molecule has 120 valence electrons. The highest BCUT2D eigenvalue weighted by Crippen LogP contribution is 2.37. The van der Waals surface area contributed by atoms with Crippen LogP contribution in [0.1, 0.15) is 16.8 Å². The maximum absolute atomic E-state index is 5.64. The summed E-state index contributed by atoms with van der Waals surface area (Å²) in [7, 11) is 1.70. The summed E-state index contributed by atoms with van der Waals surface area (Å²) in [5.41, 5.74) is 5.78. The fourth-order valence-electron chi connectivity index (χ4n) is 3.45. The Balaban J connectivity index is 2.12. The molecule has 3 nitrogen and oxygen atoms in total. The number of fused-ring (bicyclic) bond motifs is 3. The van der Waals surface area contributed by atoms with Gasteiger partial charge in [0, 0.05) is 28.5 Å². The van der Waals surface area contributed by atoms with Crippen LogP contribution in [0.25, 0.3) is 21.8 Å². The molecule has 2 aromatic heterocycles. The van der Waals surface area contributed by atoms with Crippen LogP contribution in [0, 0.1) is 13.8 Å². The molecule has 4 aromatic rings. The lowest BCUT2D eigenvalue weighted by Crippen LogP contribution is -2.02. The molecule has 0 amide bonds. The van der Waals surface area contributed by atoms with Crippen LogP contribution in [0.2, 0.25) is 0 Å². The SMILES string of the molecule is COc1nc(C)c(C)c2c3ccccc3n(Cc3ccccc3)c12. The van der Waals surface area contributed by atoms with E-state index in [0.29, 0.717) is 5.88 Å². The number of benzene rings is 2. The van der Waals surface area contributed by atoms with Crippen molar-refractivity contribution in [1.29, 1.82) is 0 Å². The summed E-state index contributed by atoms with van der Waals surface area (Å²) in [6.45, 7) is 4.98. The number of para-hydroxylation sites is 1. The molecule has 0 saturated carbocycles. The maximum Gasteiger partial charge on any atom is 0.238 e. The summed E-state index contributed by atoms with van der Waals surface area (Å²) in [5, 5.41) is 2.50. The van der Waals surface area contributed by atoms with E-state index in [-0.39, 0.29) is 0 Å². The molecule has 0 N–H and O–H groups in total. The number of nitrogens with zero attached hydrogens (tertiary/aromatic N) is 2. The zero-order chi connectivity index (χ0) is 16.7. The molecule has 3 heteroatoms. The minimum atomic E-state index is 0.695. The molecule has 24 heavy (non-hydrogen) atoms. The van der Waals surface area contributed by atoms with E-state index < -0.39 is 0 Å². The van der Waals surface area contributed by atoms with Crippen molar-refractivity contribution in [3.05, 3.63) is 71.4 Å². The molecular formula is C21H20N2O. The number of hydrogen-bond donors (Lipinski definition) is 0. The molecule has 0 aliphatic rings. The van der Waals surface area contributed by atoms with Gasteiger partial charge >= 0.3 is 0 Å². The van der Waals surface area contributed by atoms with Crippen molar-refractivity contribution in [3.8, 4) is 5.88 Å². The second kappa shape index (κ2) is 5.68. The average molecular weight is 316 g/mol. The van der Waals surface area contributed by atoms with E-state index >= 15 is 0 Å². The Kier molecular flexibility index (Phi) is 3.49. The van der Waals surface area contributed by atoms with E-state index in [1.807, 2.05) is 13.0 Å². The summed E-state index contributed by atoms with van der Waals surface area (Å²) in [6, 6.07) is 19.1. The summed E-state index contributed by atoms with van der Waals surface area (Å²) >= 11 is 0. The van der Waals surface area contributed by atoms with Gasteiger partial charge in [-0.25, -0.2) is 4.98 Å². The van der Waals surface area contributed by atoms with Gasteiger partial charge in [-0.3, -0.25) is 0 Å². The van der Waals surface area contributed by atoms with Crippen LogP contribution in [0.15, 0.2) is 54.6 Å². The molecule has 0 spiro atoms. The van der Waals surface area contributed by atoms with Crippen LogP contribution in [-0.4, -0.2) is 16.7 Å². The first-order valence-electron chi connectivity index (χ1n) is 8.16. The van der Waals surface area contributed by atoms with E-state index in [2.05, 4.69) is 65.0 Å². The Bertz CT molecular complexity index is 1030. The maximum atomic E-state index is 5.64. The van der Waals surface area contributed by atoms with Crippen LogP contribution in [0.3, 0.4) is 0 Å². The summed E-state index contributed by atoms with van der Waals surface area (Å²) in [5.74, 6) is 0.695. The van der Waals surface area contributed by atoms with E-state index in [4.69, 9.17) is 4.74 Å². The number of methoxy groups -OCH3 is 1. The zero-order valence-corrected chi connectivity index (χ0v) is 14.2. The molecule has 2 heterocycles. The van der Waals surface area contributed by atoms with Crippen molar-refractivity contribution in [3.63, 3.8) is 0 Å². The number of aromatic nitrogens is 2. The Morgan fingerprint density at radius 1 is 0.958 bits per heavy atom. The molecule has 4 rings (SSSR count). The third-order valence-electron chi connectivity index (χ3n) is 4.74. The summed E-state index contributed by atoms with van der Waals surface area (Å²) in [6.07, 6.45) is 0. The van der Waals surface area contributed by atoms with Crippen molar-refractivity contribution in [2.24, 2.45) is 0 Å². The normalized spacial score (nSPS) is 11.3. The summed E-state index contributed by atoms with van der Waals surface area (Å²) < 4.78 is 7.96. The monoisotopic (exact) mass is 316 g/mol. The smallest absolute Gasteiger partial charge is 0.238 e. The van der Waals surface area contributed by atoms with Gasteiger partial charge in [-0.2, -0.15) is 0 Å². The van der Waals surface area contributed by atoms with Gasteiger partial charge in [0.1, 0.15) is 5.52 Å². The van der Waals surface area contributed by atoms with Gasteiger partial charge in [0.15, 0.2) is 0 Å². The Labute approximate surface area is 141 Å². The fraction of sp³-hybridized carbons (Fsp3) is 0.190. The highest BCUT2D eigenvalue weighted by molar-refractivity contribution is 6.11. The number of ether oxygens (including phenoxy) is 1. The lowest BCUT2D eigenvalue weighted by Gasteiger charge is -2.11. The molecule has 2 aromatic carbocycles. The predicted molar refractivity (Wildman–Crippen MR) is 98.8 cm³/mol. The largest absolute Gasteiger partial charge is 0.479 e. The molecule has 0 aliphatic carbocycles. The molecule has 0 radical (unpaired) electrons. The molecule has 0 bridgehead atoms. The van der Waals surface area contributed by atoms with Gasteiger partial charge in [-0.1, -0.05) is 48.5 Å². The first-order valence-corrected chi connectivity index (χ1v) is 8.16. The van der Waals surface area contributed by atoms with E-state index in [9.17, 15) is 0 Å². The standard InChI is InChI=1S/C21H20N2O/c1-14-15(2)22-21(24-3)20-19(14)17-11-7-8-12-18(17)23(20)13-16-9-5-4-6-10-16/h4-12H,13H2,1-3H3. The van der Waals surface area contributed by atoms with Crippen molar-refractivity contribution >= 4 is 21.8 Å². The van der Waals surface area contributed by atoms with Gasteiger partial charge in [0.05, 0.1) is 7.11 Å². The zero-order valence-electron chi connectivity index (χ0n) is 14.2. The highest BCUT2D eigenvalue weighted by Gasteiger charge is 2.19. The number of aryl methyl sites for hydroxylation is 2. The van der Waals surface area contributed by atoms with Crippen molar-refractivity contribution in [2.75, 3.05) is 7.11 Å². The number of pyridine rings is 1. The minimum Gasteiger partial charge on any atom is -0.479 e. The van der Waals surface area contributed by atoms with Crippen LogP contribution >= 0.6 is 0 Å². The Morgan fingerprint density at radius 3 is 2.42 bits per heavy atom. The van der Waals surface area contributed by atoms with Crippen LogP contribution in [0.4, 0.5) is 0 Å². The van der Waals surface area contributed by atoms with Gasteiger partial charge in [0.25, 0.3) is 0 Å². The first kappa shape index (κ1) is 14.8. The van der Waals surface area contributed by atoms with Gasteiger partial charge < -0.3 is 9.30 Å². The van der Waals surface area contributed by atoms with Gasteiger partial charge in [-0.05, 0) is 31.0 Å². The Morgan fingerprint density at radius 2 is 1.67 bits per heavy atom. The average Bonchev–Trinajstić information content (AvgIpc) is 2.94. The summed E-state index contributed by atoms with van der Waals surface area (Å²) in [4.78, 5) is 4.67. The molecule has 0 aliphatic heterocycles. The third kappa shape index (κ3) is 2.16. The lowest BCUT2D eigenvalue weighted by molar-refractivity contribution is 0.400. The highest BCUT2D eigenvalue weighted by atomic mass is 16.5. The predicted octanol–water partition coefficient (Wildman–Crippen LogP) is 4.86. The fourth-order valence-corrected chi connectivity index (χ4v) is 3.45. The Hall–Kier alpha value is -2.81. The topological polar surface area (TPSA) is 27.1 Å². The van der Waals surface area contributed by atoms with Crippen molar-refractivity contribution in [1.82, 2.24) is 9.55 Å². The van der Waals surface area contributed by atoms with Crippen LogP contribution in [0.5, 0.6) is 5.88 Å². The molecule has 0 saturated heterocycles. The van der Waals surface area contributed by atoms with E-state index in [1.54, 1.807) is 7.11 Å². The van der Waals surface area contributed by atoms with E-state index in [0.717, 1.165) is 17.8 Å². The third-order valence-corrected chi connectivity index (χ3v) is 4.74. The number of hydrogen-bond acceptors (Lipinski definition) is 2. The molecule has 0 atom stereocenters. The van der Waals surface area contributed by atoms with Crippen molar-refractivity contribution < 1.29 is 4.74 Å². The molecule has 0 fully saturated rings. The van der Waals surface area contributed by atoms with Crippen LogP contribution in [-0.2, 0) is 6.54 Å². The second-order valence-electron chi connectivity index (χ2n) is 6.14. The molecule has 0 unspecified atom stereocenters. The quantitative estimate of drug-likeness (QED) is 0.539. The van der Waals surface area contributed by atoms with Crippen LogP contribution < -0.4 is 4.74 Å². The first-order chi connectivity index (χ1) is 11.7. The second-order valence-corrected chi connectivity index (χ2v) is 6.14. The van der Waals surface area contributed by atoms with Crippen molar-refractivity contribution in [2.45, 2.75) is 20.4 Å². The number of rotatable bonds is 3. The van der Waals surface area contributed by atoms with Gasteiger partial charge in [-0.15, -0.1) is 0 Å². The van der Waals surface area contributed by atoms with E-state index in [1.165, 1.54) is 27.4 Å². The molecular weight excluding hydrogens is 296 g/mol. The van der Waals surface area contributed by atoms with Gasteiger partial charge in [0.2, 0.25) is 5.88 Å².